The molecule has 1 heterocycles. The molecule has 0 spiro atoms. The van der Waals surface area contributed by atoms with Gasteiger partial charge in [0.15, 0.2) is 0 Å². The number of nitrogens with zero attached hydrogens (tertiary/aromatic N) is 2. The van der Waals surface area contributed by atoms with Gasteiger partial charge in [-0.2, -0.15) is 0 Å². The second-order valence-corrected chi connectivity index (χ2v) is 4.50. The Bertz CT molecular complexity index is 404. The molecule has 0 saturated carbocycles. The lowest BCUT2D eigenvalue weighted by molar-refractivity contribution is 0.275. The minimum atomic E-state index is -3.37. The van der Waals surface area contributed by atoms with Crippen LogP contribution < -0.4 is 4.72 Å². The third-order valence-electron chi connectivity index (χ3n) is 1.65. The summed E-state index contributed by atoms with van der Waals surface area (Å²) in [5, 5.41) is 8.87. The number of hydrogen-bond acceptors (Lipinski definition) is 5. The topological polar surface area (TPSA) is 92.2 Å². The number of sulfonamides is 1. The molecule has 0 unspecified atom stereocenters. The number of aliphatic hydroxyl groups excluding tert-OH is 1. The van der Waals surface area contributed by atoms with E-state index in [1.165, 1.54) is 19.4 Å². The van der Waals surface area contributed by atoms with Crippen LogP contribution in [0.25, 0.3) is 0 Å². The van der Waals surface area contributed by atoms with Crippen LogP contribution in [-0.2, 0) is 22.4 Å². The molecule has 0 amide bonds. The molecule has 0 aliphatic carbocycles. The second-order valence-electron chi connectivity index (χ2n) is 2.57. The molecule has 0 aliphatic heterocycles. The van der Waals surface area contributed by atoms with E-state index in [1.54, 1.807) is 0 Å². The monoisotopic (exact) mass is 217 g/mol. The van der Waals surface area contributed by atoms with E-state index < -0.39 is 10.0 Å². The van der Waals surface area contributed by atoms with E-state index in [4.69, 9.17) is 5.11 Å². The zero-order valence-corrected chi connectivity index (χ0v) is 8.45. The normalized spacial score (nSPS) is 11.6. The zero-order chi connectivity index (χ0) is 10.6. The second kappa shape index (κ2) is 4.45. The van der Waals surface area contributed by atoms with Crippen LogP contribution in [-0.4, -0.2) is 30.5 Å². The van der Waals surface area contributed by atoms with E-state index in [2.05, 4.69) is 14.7 Å². The van der Waals surface area contributed by atoms with Crippen molar-refractivity contribution in [3.63, 3.8) is 0 Å². The van der Waals surface area contributed by atoms with Gasteiger partial charge >= 0.3 is 0 Å². The molecule has 7 heteroatoms. The first-order valence-corrected chi connectivity index (χ1v) is 5.55. The first-order valence-electron chi connectivity index (χ1n) is 3.90. The van der Waals surface area contributed by atoms with Crippen molar-refractivity contribution < 1.29 is 13.5 Å². The predicted molar refractivity (Wildman–Crippen MR) is 49.6 cm³/mol. The Morgan fingerprint density at radius 2 is 1.93 bits per heavy atom. The highest BCUT2D eigenvalue weighted by molar-refractivity contribution is 7.88. The molecule has 1 aromatic rings. The van der Waals surface area contributed by atoms with E-state index in [9.17, 15) is 8.42 Å². The molecule has 0 bridgehead atoms. The fraction of sp³-hybridized carbons (Fsp3) is 0.429. The molecule has 0 fully saturated rings. The molecule has 6 nitrogen and oxygen atoms in total. The van der Waals surface area contributed by atoms with Gasteiger partial charge in [0.05, 0.1) is 18.0 Å². The van der Waals surface area contributed by atoms with Crippen LogP contribution in [0.1, 0.15) is 11.4 Å². The number of nitrogens with one attached hydrogen (secondary N) is 1. The fourth-order valence-electron chi connectivity index (χ4n) is 0.900. The summed E-state index contributed by atoms with van der Waals surface area (Å²) in [7, 11) is -2.05. The molecule has 1 aromatic heterocycles. The van der Waals surface area contributed by atoms with Crippen molar-refractivity contribution in [3.05, 3.63) is 23.8 Å². The summed E-state index contributed by atoms with van der Waals surface area (Å²) in [4.78, 5) is 7.65. The Balaban J connectivity index is 2.97. The highest BCUT2D eigenvalue weighted by atomic mass is 32.2. The molecule has 0 aromatic carbocycles. The van der Waals surface area contributed by atoms with Crippen molar-refractivity contribution in [2.45, 2.75) is 12.4 Å². The van der Waals surface area contributed by atoms with Crippen LogP contribution in [0.3, 0.4) is 0 Å². The van der Waals surface area contributed by atoms with Gasteiger partial charge in [-0.1, -0.05) is 0 Å². The Labute approximate surface area is 82.1 Å². The lowest BCUT2D eigenvalue weighted by atomic mass is 10.3. The minimum absolute atomic E-state index is 0.268. The van der Waals surface area contributed by atoms with Gasteiger partial charge in [-0.3, -0.25) is 9.97 Å². The summed E-state index contributed by atoms with van der Waals surface area (Å²) in [6, 6.07) is 0. The SMILES string of the molecule is CNS(=O)(=O)Cc1nccnc1CO. The van der Waals surface area contributed by atoms with Crippen molar-refractivity contribution in [3.8, 4) is 0 Å². The summed E-state index contributed by atoms with van der Waals surface area (Å²) in [6.45, 7) is -0.317. The molecule has 14 heavy (non-hydrogen) atoms. The van der Waals surface area contributed by atoms with Gasteiger partial charge in [-0.15, -0.1) is 0 Å². The molecular weight excluding hydrogens is 206 g/mol. The van der Waals surface area contributed by atoms with Gasteiger partial charge in [0.25, 0.3) is 0 Å². The van der Waals surface area contributed by atoms with Crippen molar-refractivity contribution in [1.82, 2.24) is 14.7 Å². The lowest BCUT2D eigenvalue weighted by Gasteiger charge is -2.04. The highest BCUT2D eigenvalue weighted by Crippen LogP contribution is 2.05. The van der Waals surface area contributed by atoms with Crippen molar-refractivity contribution in [2.75, 3.05) is 7.05 Å². The standard InChI is InChI=1S/C7H11N3O3S/c1-8-14(12,13)5-7-6(4-11)9-2-3-10-7/h2-3,8,11H,4-5H2,1H3. The van der Waals surface area contributed by atoms with Crippen LogP contribution in [0.15, 0.2) is 12.4 Å². The van der Waals surface area contributed by atoms with E-state index in [0.29, 0.717) is 0 Å². The molecule has 0 atom stereocenters. The maximum absolute atomic E-state index is 11.2. The summed E-state index contributed by atoms with van der Waals surface area (Å²) in [5.41, 5.74) is 0.552. The first-order chi connectivity index (χ1) is 6.59. The summed E-state index contributed by atoms with van der Waals surface area (Å²) in [6.07, 6.45) is 2.79. The van der Waals surface area contributed by atoms with E-state index in [-0.39, 0.29) is 23.7 Å². The largest absolute Gasteiger partial charge is 0.390 e. The maximum atomic E-state index is 11.2. The van der Waals surface area contributed by atoms with Crippen LogP contribution in [0.2, 0.25) is 0 Å². The highest BCUT2D eigenvalue weighted by Gasteiger charge is 2.13. The predicted octanol–water partition coefficient (Wildman–Crippen LogP) is -0.982. The fourth-order valence-corrected chi connectivity index (χ4v) is 1.65. The number of rotatable bonds is 4. The molecule has 0 radical (unpaired) electrons. The minimum Gasteiger partial charge on any atom is -0.390 e. The number of hydrogen-bond donors (Lipinski definition) is 2. The Morgan fingerprint density at radius 3 is 2.43 bits per heavy atom. The zero-order valence-electron chi connectivity index (χ0n) is 7.64. The molecular formula is C7H11N3O3S. The van der Waals surface area contributed by atoms with E-state index >= 15 is 0 Å². The van der Waals surface area contributed by atoms with Gasteiger partial charge in [-0.25, -0.2) is 13.1 Å². The third-order valence-corrected chi connectivity index (χ3v) is 2.92. The van der Waals surface area contributed by atoms with Crippen LogP contribution in [0.4, 0.5) is 0 Å². The molecule has 0 saturated heterocycles. The quantitative estimate of drug-likeness (QED) is 0.676. The smallest absolute Gasteiger partial charge is 0.217 e. The summed E-state index contributed by atoms with van der Waals surface area (Å²) < 4.78 is 24.5. The number of aliphatic hydroxyl groups is 1. The van der Waals surface area contributed by atoms with Crippen LogP contribution in [0, 0.1) is 0 Å². The average Bonchev–Trinajstić information content (AvgIpc) is 2.18. The Morgan fingerprint density at radius 1 is 1.36 bits per heavy atom. The van der Waals surface area contributed by atoms with E-state index in [1.807, 2.05) is 0 Å². The van der Waals surface area contributed by atoms with Gasteiger partial charge in [0, 0.05) is 12.4 Å². The average molecular weight is 217 g/mol. The lowest BCUT2D eigenvalue weighted by Crippen LogP contribution is -2.22. The van der Waals surface area contributed by atoms with Crippen molar-refractivity contribution in [2.24, 2.45) is 0 Å². The maximum Gasteiger partial charge on any atom is 0.217 e. The van der Waals surface area contributed by atoms with Crippen LogP contribution in [0.5, 0.6) is 0 Å². The van der Waals surface area contributed by atoms with Crippen molar-refractivity contribution in [1.29, 1.82) is 0 Å². The van der Waals surface area contributed by atoms with Crippen LogP contribution >= 0.6 is 0 Å². The summed E-state index contributed by atoms with van der Waals surface area (Å²) in [5.74, 6) is -0.271. The van der Waals surface area contributed by atoms with Gasteiger partial charge in [0.2, 0.25) is 10.0 Å². The molecule has 78 valence electrons. The third kappa shape index (κ3) is 2.72. The van der Waals surface area contributed by atoms with E-state index in [0.717, 1.165) is 0 Å². The molecule has 0 aliphatic rings. The number of aromatic nitrogens is 2. The van der Waals surface area contributed by atoms with Crippen molar-refractivity contribution >= 4 is 10.0 Å². The first kappa shape index (κ1) is 11.0. The van der Waals surface area contributed by atoms with Gasteiger partial charge < -0.3 is 5.11 Å². The molecule has 2 N–H and O–H groups in total. The Hall–Kier alpha value is -1.05. The van der Waals surface area contributed by atoms with Gasteiger partial charge in [0.1, 0.15) is 5.75 Å². The van der Waals surface area contributed by atoms with Gasteiger partial charge in [-0.05, 0) is 7.05 Å². The molecule has 1 rings (SSSR count). The Kier molecular flexibility index (Phi) is 3.50. The summed E-state index contributed by atoms with van der Waals surface area (Å²) >= 11 is 0.